The number of nitrogens with zero attached hydrogens (tertiary/aromatic N) is 2. The summed E-state index contributed by atoms with van der Waals surface area (Å²) in [4.78, 5) is 11.9. The lowest BCUT2D eigenvalue weighted by atomic mass is 10.1. The molecule has 1 aromatic carbocycles. The van der Waals surface area contributed by atoms with Crippen LogP contribution in [-0.4, -0.2) is 23.3 Å². The van der Waals surface area contributed by atoms with Gasteiger partial charge in [-0.2, -0.15) is 0 Å². The number of anilines is 1. The van der Waals surface area contributed by atoms with E-state index < -0.39 is 0 Å². The Kier molecular flexibility index (Phi) is 4.16. The zero-order chi connectivity index (χ0) is 13.8. The van der Waals surface area contributed by atoms with Crippen LogP contribution in [0.2, 0.25) is 0 Å². The van der Waals surface area contributed by atoms with Gasteiger partial charge in [0, 0.05) is 4.47 Å². The van der Waals surface area contributed by atoms with Gasteiger partial charge in [0.25, 0.3) is 0 Å². The number of methoxy groups -OCH3 is 1. The van der Waals surface area contributed by atoms with Crippen molar-refractivity contribution in [3.63, 3.8) is 0 Å². The summed E-state index contributed by atoms with van der Waals surface area (Å²) in [5, 5.41) is 9.83. The lowest BCUT2D eigenvalue weighted by molar-refractivity contribution is -0.115. The summed E-state index contributed by atoms with van der Waals surface area (Å²) in [5.41, 5.74) is 1.36. The van der Waals surface area contributed by atoms with Crippen molar-refractivity contribution >= 4 is 27.7 Å². The normalized spacial score (nSPS) is 10.3. The van der Waals surface area contributed by atoms with Crippen LogP contribution < -0.4 is 10.1 Å². The zero-order valence-electron chi connectivity index (χ0n) is 10.4. The van der Waals surface area contributed by atoms with Crippen LogP contribution in [0.15, 0.2) is 27.3 Å². The Hall–Kier alpha value is -1.89. The van der Waals surface area contributed by atoms with Crippen LogP contribution in [0.1, 0.15) is 11.3 Å². The first kappa shape index (κ1) is 13.5. The van der Waals surface area contributed by atoms with Crippen molar-refractivity contribution in [1.29, 1.82) is 0 Å². The van der Waals surface area contributed by atoms with Crippen LogP contribution in [0.5, 0.6) is 5.75 Å². The van der Waals surface area contributed by atoms with Gasteiger partial charge in [0.05, 0.1) is 13.5 Å². The highest BCUT2D eigenvalue weighted by molar-refractivity contribution is 9.10. The van der Waals surface area contributed by atoms with Gasteiger partial charge in [-0.1, -0.05) is 21.1 Å². The Bertz CT molecular complexity index is 598. The van der Waals surface area contributed by atoms with Crippen molar-refractivity contribution in [3.05, 3.63) is 33.9 Å². The van der Waals surface area contributed by atoms with E-state index in [-0.39, 0.29) is 12.3 Å². The van der Waals surface area contributed by atoms with Crippen LogP contribution in [0.25, 0.3) is 0 Å². The molecule has 19 heavy (non-hydrogen) atoms. The van der Waals surface area contributed by atoms with Crippen LogP contribution in [0.4, 0.5) is 5.82 Å². The summed E-state index contributed by atoms with van der Waals surface area (Å²) in [6.45, 7) is 1.70. The molecule has 7 heteroatoms. The number of aryl methyl sites for hydroxylation is 1. The van der Waals surface area contributed by atoms with E-state index in [1.807, 2.05) is 12.1 Å². The fourth-order valence-electron chi connectivity index (χ4n) is 1.51. The van der Waals surface area contributed by atoms with E-state index in [4.69, 9.17) is 4.74 Å². The van der Waals surface area contributed by atoms with Crippen molar-refractivity contribution in [2.45, 2.75) is 13.3 Å². The molecule has 6 nitrogen and oxygen atoms in total. The molecule has 1 aromatic heterocycles. The van der Waals surface area contributed by atoms with Gasteiger partial charge in [-0.25, -0.2) is 4.63 Å². The van der Waals surface area contributed by atoms with E-state index in [1.165, 1.54) is 0 Å². The van der Waals surface area contributed by atoms with Crippen LogP contribution in [-0.2, 0) is 11.2 Å². The Morgan fingerprint density at radius 2 is 2.26 bits per heavy atom. The largest absolute Gasteiger partial charge is 0.497 e. The lowest BCUT2D eigenvalue weighted by Gasteiger charge is -2.07. The predicted octanol–water partition coefficient (Wildman–Crippen LogP) is 2.33. The summed E-state index contributed by atoms with van der Waals surface area (Å²) >= 11 is 3.40. The maximum Gasteiger partial charge on any atom is 0.230 e. The van der Waals surface area contributed by atoms with Crippen molar-refractivity contribution in [3.8, 4) is 5.75 Å². The van der Waals surface area contributed by atoms with E-state index >= 15 is 0 Å². The van der Waals surface area contributed by atoms with Crippen LogP contribution >= 0.6 is 15.9 Å². The van der Waals surface area contributed by atoms with Crippen molar-refractivity contribution < 1.29 is 14.2 Å². The van der Waals surface area contributed by atoms with Gasteiger partial charge in [-0.05, 0) is 35.8 Å². The number of hydrogen-bond acceptors (Lipinski definition) is 5. The van der Waals surface area contributed by atoms with Gasteiger partial charge in [-0.15, -0.1) is 0 Å². The van der Waals surface area contributed by atoms with E-state index in [0.29, 0.717) is 17.3 Å². The van der Waals surface area contributed by atoms with Crippen LogP contribution in [0, 0.1) is 6.92 Å². The minimum absolute atomic E-state index is 0.198. The predicted molar refractivity (Wildman–Crippen MR) is 72.1 cm³/mol. The number of rotatable bonds is 4. The van der Waals surface area contributed by atoms with E-state index in [1.54, 1.807) is 20.1 Å². The average molecular weight is 326 g/mol. The summed E-state index contributed by atoms with van der Waals surface area (Å²) in [7, 11) is 1.58. The maximum absolute atomic E-state index is 11.9. The number of halogens is 1. The molecular formula is C12H12BrN3O3. The molecule has 0 bridgehead atoms. The van der Waals surface area contributed by atoms with E-state index in [2.05, 4.69) is 36.2 Å². The SMILES string of the molecule is COc1ccc(Br)c(CC(=O)Nc2nonc2C)c1. The molecule has 1 heterocycles. The summed E-state index contributed by atoms with van der Waals surface area (Å²) in [5.74, 6) is 0.835. The lowest BCUT2D eigenvalue weighted by Crippen LogP contribution is -2.15. The highest BCUT2D eigenvalue weighted by atomic mass is 79.9. The molecule has 0 saturated heterocycles. The molecule has 2 rings (SSSR count). The smallest absolute Gasteiger partial charge is 0.230 e. The Balaban J connectivity index is 2.08. The van der Waals surface area contributed by atoms with Gasteiger partial charge in [0.1, 0.15) is 11.4 Å². The summed E-state index contributed by atoms with van der Waals surface area (Å²) in [6.07, 6.45) is 0.198. The topological polar surface area (TPSA) is 77.2 Å². The molecule has 0 radical (unpaired) electrons. The minimum atomic E-state index is -0.201. The Morgan fingerprint density at radius 3 is 2.89 bits per heavy atom. The second kappa shape index (κ2) is 5.83. The fourth-order valence-corrected chi connectivity index (χ4v) is 1.89. The third-order valence-corrected chi connectivity index (χ3v) is 3.29. The average Bonchev–Trinajstić information content (AvgIpc) is 2.78. The number of benzene rings is 1. The molecule has 0 unspecified atom stereocenters. The molecule has 2 aromatic rings. The molecule has 0 fully saturated rings. The minimum Gasteiger partial charge on any atom is -0.497 e. The Labute approximate surface area is 118 Å². The molecule has 0 atom stereocenters. The highest BCUT2D eigenvalue weighted by Gasteiger charge is 2.12. The number of amides is 1. The zero-order valence-corrected chi connectivity index (χ0v) is 12.0. The number of carbonyl (C=O) groups is 1. The molecule has 1 amide bonds. The summed E-state index contributed by atoms with van der Waals surface area (Å²) < 4.78 is 10.5. The second-order valence-electron chi connectivity index (χ2n) is 3.88. The molecule has 0 spiro atoms. The second-order valence-corrected chi connectivity index (χ2v) is 4.73. The molecule has 0 aliphatic rings. The Morgan fingerprint density at radius 1 is 1.47 bits per heavy atom. The van der Waals surface area contributed by atoms with Crippen molar-refractivity contribution in [1.82, 2.24) is 10.3 Å². The number of carbonyl (C=O) groups excluding carboxylic acids is 1. The first-order valence-electron chi connectivity index (χ1n) is 5.51. The van der Waals surface area contributed by atoms with Gasteiger partial charge in [-0.3, -0.25) is 4.79 Å². The monoisotopic (exact) mass is 325 g/mol. The molecule has 0 saturated carbocycles. The molecule has 100 valence electrons. The highest BCUT2D eigenvalue weighted by Crippen LogP contribution is 2.23. The molecule has 1 N–H and O–H groups in total. The van der Waals surface area contributed by atoms with Gasteiger partial charge in [0.15, 0.2) is 5.82 Å². The molecular weight excluding hydrogens is 314 g/mol. The van der Waals surface area contributed by atoms with Crippen LogP contribution in [0.3, 0.4) is 0 Å². The fraction of sp³-hybridized carbons (Fsp3) is 0.250. The first-order chi connectivity index (χ1) is 9.10. The number of aromatic nitrogens is 2. The number of ether oxygens (including phenoxy) is 1. The van der Waals surface area contributed by atoms with Gasteiger partial charge in [0.2, 0.25) is 5.91 Å². The standard InChI is InChI=1S/C12H12BrN3O3/c1-7-12(16-19-15-7)14-11(17)6-8-5-9(18-2)3-4-10(8)13/h3-5H,6H2,1-2H3,(H,14,16,17). The molecule has 0 aliphatic heterocycles. The van der Waals surface area contributed by atoms with Gasteiger partial charge < -0.3 is 10.1 Å². The van der Waals surface area contributed by atoms with E-state index in [9.17, 15) is 4.79 Å². The van der Waals surface area contributed by atoms with E-state index in [0.717, 1.165) is 10.0 Å². The molecule has 0 aliphatic carbocycles. The number of nitrogens with one attached hydrogen (secondary N) is 1. The van der Waals surface area contributed by atoms with Crippen molar-refractivity contribution in [2.24, 2.45) is 0 Å². The van der Waals surface area contributed by atoms with Gasteiger partial charge >= 0.3 is 0 Å². The summed E-state index contributed by atoms with van der Waals surface area (Å²) in [6, 6.07) is 5.46. The quantitative estimate of drug-likeness (QED) is 0.933. The van der Waals surface area contributed by atoms with Crippen molar-refractivity contribution in [2.75, 3.05) is 12.4 Å². The number of hydrogen-bond donors (Lipinski definition) is 1. The third-order valence-electron chi connectivity index (χ3n) is 2.51. The first-order valence-corrected chi connectivity index (χ1v) is 6.31. The third kappa shape index (κ3) is 3.31. The maximum atomic E-state index is 11.9.